The van der Waals surface area contributed by atoms with Crippen molar-refractivity contribution >= 4 is 28.6 Å². The molecule has 0 bridgehead atoms. The summed E-state index contributed by atoms with van der Waals surface area (Å²) in [4.78, 5) is 26.7. The van der Waals surface area contributed by atoms with Crippen LogP contribution in [0, 0.1) is 10.1 Å². The number of benzene rings is 2. The van der Waals surface area contributed by atoms with Crippen molar-refractivity contribution in [3.05, 3.63) is 75.8 Å². The number of thiazole rings is 1. The fourth-order valence-corrected chi connectivity index (χ4v) is 3.26. The van der Waals surface area contributed by atoms with Crippen LogP contribution in [0.25, 0.3) is 10.6 Å². The molecule has 27 heavy (non-hydrogen) atoms. The summed E-state index contributed by atoms with van der Waals surface area (Å²) < 4.78 is 0. The van der Waals surface area contributed by atoms with Crippen LogP contribution in [0.3, 0.4) is 0 Å². The molecule has 0 atom stereocenters. The van der Waals surface area contributed by atoms with Gasteiger partial charge in [0.25, 0.3) is 5.69 Å². The van der Waals surface area contributed by atoms with Crippen LogP contribution in [-0.4, -0.2) is 28.9 Å². The van der Waals surface area contributed by atoms with Crippen molar-refractivity contribution in [1.82, 2.24) is 10.3 Å². The highest BCUT2D eigenvalue weighted by molar-refractivity contribution is 7.13. The topological polar surface area (TPSA) is 97.2 Å². The van der Waals surface area contributed by atoms with E-state index in [1.807, 2.05) is 35.7 Å². The van der Waals surface area contributed by atoms with Gasteiger partial charge in [-0.2, -0.15) is 0 Å². The number of anilines is 1. The van der Waals surface area contributed by atoms with Crippen LogP contribution < -0.4 is 10.6 Å². The second-order valence-corrected chi connectivity index (χ2v) is 6.63. The molecule has 1 amide bonds. The molecule has 2 aromatic carbocycles. The van der Waals surface area contributed by atoms with Crippen LogP contribution in [0.2, 0.25) is 0 Å². The SMILES string of the molecule is O=C(Cc1csc(-c2ccccc2)n1)NCCNc1ccc([N+](=O)[O-])cc1. The molecule has 0 saturated carbocycles. The Morgan fingerprint density at radius 1 is 1.07 bits per heavy atom. The zero-order valence-electron chi connectivity index (χ0n) is 14.4. The lowest BCUT2D eigenvalue weighted by atomic mass is 10.2. The van der Waals surface area contributed by atoms with Crippen molar-refractivity contribution in [3.8, 4) is 10.6 Å². The second kappa shape index (κ2) is 8.91. The lowest BCUT2D eigenvalue weighted by Gasteiger charge is -2.07. The minimum absolute atomic E-state index is 0.0481. The molecule has 0 aliphatic rings. The number of carbonyl (C=O) groups excluding carboxylic acids is 1. The third kappa shape index (κ3) is 5.35. The number of nitrogens with zero attached hydrogens (tertiary/aromatic N) is 2. The van der Waals surface area contributed by atoms with E-state index in [4.69, 9.17) is 0 Å². The van der Waals surface area contributed by atoms with Crippen molar-refractivity contribution in [2.45, 2.75) is 6.42 Å². The fourth-order valence-electron chi connectivity index (χ4n) is 2.44. The van der Waals surface area contributed by atoms with Gasteiger partial charge in [0.05, 0.1) is 17.0 Å². The third-order valence-corrected chi connectivity index (χ3v) is 4.71. The molecule has 1 aromatic heterocycles. The molecule has 8 heteroatoms. The number of hydrogen-bond acceptors (Lipinski definition) is 6. The summed E-state index contributed by atoms with van der Waals surface area (Å²) in [6.07, 6.45) is 0.237. The molecule has 3 aromatic rings. The Morgan fingerprint density at radius 3 is 2.52 bits per heavy atom. The smallest absolute Gasteiger partial charge is 0.269 e. The van der Waals surface area contributed by atoms with Crippen LogP contribution in [0.15, 0.2) is 60.0 Å². The van der Waals surface area contributed by atoms with Gasteiger partial charge >= 0.3 is 0 Å². The maximum atomic E-state index is 12.0. The van der Waals surface area contributed by atoms with E-state index in [1.54, 1.807) is 12.1 Å². The van der Waals surface area contributed by atoms with Crippen LogP contribution in [-0.2, 0) is 11.2 Å². The van der Waals surface area contributed by atoms with Crippen LogP contribution >= 0.6 is 11.3 Å². The van der Waals surface area contributed by atoms with E-state index in [-0.39, 0.29) is 18.0 Å². The van der Waals surface area contributed by atoms with Crippen molar-refractivity contribution < 1.29 is 9.72 Å². The van der Waals surface area contributed by atoms with Crippen LogP contribution in [0.4, 0.5) is 11.4 Å². The molecule has 0 fully saturated rings. The Hall–Kier alpha value is -3.26. The third-order valence-electron chi connectivity index (χ3n) is 3.77. The number of nitro benzene ring substituents is 1. The molecule has 1 heterocycles. The molecular weight excluding hydrogens is 364 g/mol. The number of hydrogen-bond donors (Lipinski definition) is 2. The average molecular weight is 382 g/mol. The predicted octanol–water partition coefficient (Wildman–Crippen LogP) is 3.49. The summed E-state index contributed by atoms with van der Waals surface area (Å²) in [5, 5.41) is 19.4. The van der Waals surface area contributed by atoms with Crippen molar-refractivity contribution in [2.24, 2.45) is 0 Å². The maximum Gasteiger partial charge on any atom is 0.269 e. The Kier molecular flexibility index (Phi) is 6.11. The van der Waals surface area contributed by atoms with E-state index in [1.165, 1.54) is 23.5 Å². The molecule has 0 saturated heterocycles. The van der Waals surface area contributed by atoms with Gasteiger partial charge in [0, 0.05) is 41.9 Å². The van der Waals surface area contributed by atoms with Gasteiger partial charge in [0.15, 0.2) is 0 Å². The summed E-state index contributed by atoms with van der Waals surface area (Å²) in [5.74, 6) is -0.0922. The highest BCUT2D eigenvalue weighted by atomic mass is 32.1. The minimum Gasteiger partial charge on any atom is -0.383 e. The summed E-state index contributed by atoms with van der Waals surface area (Å²) in [5.41, 5.74) is 2.61. The summed E-state index contributed by atoms with van der Waals surface area (Å²) in [6.45, 7) is 0.974. The Balaban J connectivity index is 1.41. The largest absolute Gasteiger partial charge is 0.383 e. The van der Waals surface area contributed by atoms with E-state index < -0.39 is 4.92 Å². The lowest BCUT2D eigenvalue weighted by Crippen LogP contribution is -2.30. The molecule has 2 N–H and O–H groups in total. The number of rotatable bonds is 8. The summed E-state index contributed by atoms with van der Waals surface area (Å²) in [7, 11) is 0. The van der Waals surface area contributed by atoms with Crippen molar-refractivity contribution in [3.63, 3.8) is 0 Å². The minimum atomic E-state index is -0.439. The second-order valence-electron chi connectivity index (χ2n) is 5.77. The first-order chi connectivity index (χ1) is 13.1. The lowest BCUT2D eigenvalue weighted by molar-refractivity contribution is -0.384. The Morgan fingerprint density at radius 2 is 1.81 bits per heavy atom. The van der Waals surface area contributed by atoms with Crippen molar-refractivity contribution in [2.75, 3.05) is 18.4 Å². The van der Waals surface area contributed by atoms with Crippen LogP contribution in [0.5, 0.6) is 0 Å². The Bertz CT molecular complexity index is 910. The molecule has 0 spiro atoms. The molecule has 0 radical (unpaired) electrons. The highest BCUT2D eigenvalue weighted by Crippen LogP contribution is 2.23. The van der Waals surface area contributed by atoms with Gasteiger partial charge in [0.2, 0.25) is 5.91 Å². The highest BCUT2D eigenvalue weighted by Gasteiger charge is 2.09. The van der Waals surface area contributed by atoms with Gasteiger partial charge in [-0.1, -0.05) is 30.3 Å². The monoisotopic (exact) mass is 382 g/mol. The van der Waals surface area contributed by atoms with E-state index in [9.17, 15) is 14.9 Å². The average Bonchev–Trinajstić information content (AvgIpc) is 3.15. The molecule has 7 nitrogen and oxygen atoms in total. The number of carbonyl (C=O) groups is 1. The first kappa shape index (κ1) is 18.5. The first-order valence-corrected chi connectivity index (χ1v) is 9.24. The molecule has 0 unspecified atom stereocenters. The molecular formula is C19H18N4O3S. The van der Waals surface area contributed by atoms with Crippen LogP contribution in [0.1, 0.15) is 5.69 Å². The molecule has 0 aliphatic heterocycles. The first-order valence-electron chi connectivity index (χ1n) is 8.36. The van der Waals surface area contributed by atoms with Gasteiger partial charge in [-0.25, -0.2) is 4.98 Å². The van der Waals surface area contributed by atoms with E-state index in [0.717, 1.165) is 22.0 Å². The van der Waals surface area contributed by atoms with Gasteiger partial charge in [-0.3, -0.25) is 14.9 Å². The molecule has 0 aliphatic carbocycles. The van der Waals surface area contributed by atoms with E-state index >= 15 is 0 Å². The number of aromatic nitrogens is 1. The number of non-ortho nitro benzene ring substituents is 1. The number of amides is 1. The summed E-state index contributed by atoms with van der Waals surface area (Å²) in [6, 6.07) is 16.0. The van der Waals surface area contributed by atoms with Crippen molar-refractivity contribution in [1.29, 1.82) is 0 Å². The predicted molar refractivity (Wildman–Crippen MR) is 106 cm³/mol. The van der Waals surface area contributed by atoms with Gasteiger partial charge in [0.1, 0.15) is 5.01 Å². The zero-order chi connectivity index (χ0) is 19.1. The standard InChI is InChI=1S/C19H18N4O3S/c24-18(12-16-13-27-19(22-16)14-4-2-1-3-5-14)21-11-10-20-15-6-8-17(9-7-15)23(25)26/h1-9,13,20H,10-12H2,(H,21,24). The van der Waals surface area contributed by atoms with E-state index in [2.05, 4.69) is 15.6 Å². The van der Waals surface area contributed by atoms with Gasteiger partial charge < -0.3 is 10.6 Å². The normalized spacial score (nSPS) is 10.4. The van der Waals surface area contributed by atoms with Gasteiger partial charge in [-0.05, 0) is 12.1 Å². The number of nitrogens with one attached hydrogen (secondary N) is 2. The molecule has 138 valence electrons. The number of nitro groups is 1. The molecule has 3 rings (SSSR count). The fraction of sp³-hybridized carbons (Fsp3) is 0.158. The van der Waals surface area contributed by atoms with Gasteiger partial charge in [-0.15, -0.1) is 11.3 Å². The van der Waals surface area contributed by atoms with E-state index in [0.29, 0.717) is 13.1 Å². The zero-order valence-corrected chi connectivity index (χ0v) is 15.2. The summed E-state index contributed by atoms with van der Waals surface area (Å²) >= 11 is 1.52. The Labute approximate surface area is 160 Å². The quantitative estimate of drug-likeness (QED) is 0.353. The maximum absolute atomic E-state index is 12.0.